The van der Waals surface area contributed by atoms with Gasteiger partial charge in [-0.2, -0.15) is 0 Å². The fraction of sp³-hybridized carbons (Fsp3) is 0.0833. The lowest BCUT2D eigenvalue weighted by Gasteiger charge is -2.03. The standard InChI is InChI=1S/C12H9N3O2S/c16-15(17)10-3-1-2-9-4-6-14(12(9)10)8-11-13-5-7-18-11/h1-7H,8H2. The Morgan fingerprint density at radius 2 is 2.28 bits per heavy atom. The summed E-state index contributed by atoms with van der Waals surface area (Å²) in [5, 5.41) is 14.8. The zero-order valence-corrected chi connectivity index (χ0v) is 10.1. The molecule has 0 bridgehead atoms. The summed E-state index contributed by atoms with van der Waals surface area (Å²) in [6.07, 6.45) is 3.60. The van der Waals surface area contributed by atoms with E-state index >= 15 is 0 Å². The van der Waals surface area contributed by atoms with Crippen molar-refractivity contribution < 1.29 is 4.92 Å². The van der Waals surface area contributed by atoms with Crippen LogP contribution in [-0.4, -0.2) is 14.5 Å². The maximum absolute atomic E-state index is 11.0. The molecule has 0 aliphatic heterocycles. The van der Waals surface area contributed by atoms with E-state index in [0.717, 1.165) is 10.4 Å². The molecule has 3 aromatic rings. The first-order valence-corrected chi connectivity index (χ1v) is 6.24. The lowest BCUT2D eigenvalue weighted by molar-refractivity contribution is -0.383. The molecule has 0 saturated carbocycles. The van der Waals surface area contributed by atoms with Crippen LogP contribution in [-0.2, 0) is 6.54 Å². The summed E-state index contributed by atoms with van der Waals surface area (Å²) in [7, 11) is 0. The van der Waals surface area contributed by atoms with Crippen LogP contribution in [0.1, 0.15) is 5.01 Å². The lowest BCUT2D eigenvalue weighted by Crippen LogP contribution is -1.99. The van der Waals surface area contributed by atoms with Gasteiger partial charge in [0, 0.05) is 29.2 Å². The van der Waals surface area contributed by atoms with Crippen LogP contribution in [0.4, 0.5) is 5.69 Å². The predicted octanol–water partition coefficient (Wildman–Crippen LogP) is 3.05. The van der Waals surface area contributed by atoms with Gasteiger partial charge in [0.25, 0.3) is 5.69 Å². The molecular formula is C12H9N3O2S. The number of hydrogen-bond acceptors (Lipinski definition) is 4. The van der Waals surface area contributed by atoms with Gasteiger partial charge in [-0.15, -0.1) is 11.3 Å². The smallest absolute Gasteiger partial charge is 0.293 e. The molecule has 5 nitrogen and oxygen atoms in total. The van der Waals surface area contributed by atoms with Crippen LogP contribution in [0.2, 0.25) is 0 Å². The first-order chi connectivity index (χ1) is 8.75. The van der Waals surface area contributed by atoms with Gasteiger partial charge < -0.3 is 4.57 Å². The van der Waals surface area contributed by atoms with Crippen LogP contribution < -0.4 is 0 Å². The van der Waals surface area contributed by atoms with Gasteiger partial charge in [0.1, 0.15) is 10.5 Å². The molecule has 2 aromatic heterocycles. The van der Waals surface area contributed by atoms with E-state index in [1.54, 1.807) is 23.6 Å². The molecule has 6 heteroatoms. The number of benzene rings is 1. The molecule has 1 aromatic carbocycles. The molecule has 0 saturated heterocycles. The van der Waals surface area contributed by atoms with Gasteiger partial charge in [-0.25, -0.2) is 4.98 Å². The number of hydrogen-bond donors (Lipinski definition) is 0. The van der Waals surface area contributed by atoms with Gasteiger partial charge in [0.2, 0.25) is 0 Å². The van der Waals surface area contributed by atoms with Gasteiger partial charge in [-0.1, -0.05) is 12.1 Å². The molecule has 0 atom stereocenters. The summed E-state index contributed by atoms with van der Waals surface area (Å²) < 4.78 is 1.87. The topological polar surface area (TPSA) is 61.0 Å². The van der Waals surface area contributed by atoms with Crippen LogP contribution in [0.15, 0.2) is 42.0 Å². The average Bonchev–Trinajstić information content (AvgIpc) is 2.99. The van der Waals surface area contributed by atoms with E-state index in [1.807, 2.05) is 28.3 Å². The molecule has 90 valence electrons. The average molecular weight is 259 g/mol. The van der Waals surface area contributed by atoms with Crippen LogP contribution in [0.3, 0.4) is 0 Å². The van der Waals surface area contributed by atoms with Crippen LogP contribution >= 0.6 is 11.3 Å². The SMILES string of the molecule is O=[N+]([O-])c1cccc2ccn(Cc3nccs3)c12. The first kappa shape index (κ1) is 10.9. The molecule has 0 amide bonds. The Kier molecular flexibility index (Phi) is 2.56. The van der Waals surface area contributed by atoms with Crippen molar-refractivity contribution in [1.82, 2.24) is 9.55 Å². The zero-order valence-electron chi connectivity index (χ0n) is 9.31. The minimum absolute atomic E-state index is 0.133. The third-order valence-electron chi connectivity index (χ3n) is 2.75. The zero-order chi connectivity index (χ0) is 12.5. The number of nitro groups is 1. The molecule has 0 aliphatic carbocycles. The summed E-state index contributed by atoms with van der Waals surface area (Å²) in [5.41, 5.74) is 0.784. The van der Waals surface area contributed by atoms with E-state index in [4.69, 9.17) is 0 Å². The number of aromatic nitrogens is 2. The molecule has 0 N–H and O–H groups in total. The van der Waals surface area contributed by atoms with Crippen molar-refractivity contribution in [2.24, 2.45) is 0 Å². The minimum atomic E-state index is -0.347. The largest absolute Gasteiger partial charge is 0.335 e. The Morgan fingerprint density at radius 1 is 1.39 bits per heavy atom. The van der Waals surface area contributed by atoms with Crippen molar-refractivity contribution in [3.8, 4) is 0 Å². The molecule has 0 radical (unpaired) electrons. The Morgan fingerprint density at radius 3 is 3.00 bits per heavy atom. The van der Waals surface area contributed by atoms with Gasteiger partial charge >= 0.3 is 0 Å². The highest BCUT2D eigenvalue weighted by atomic mass is 32.1. The quantitative estimate of drug-likeness (QED) is 0.536. The van der Waals surface area contributed by atoms with E-state index in [2.05, 4.69) is 4.98 Å². The highest BCUT2D eigenvalue weighted by Gasteiger charge is 2.15. The molecular weight excluding hydrogens is 250 g/mol. The predicted molar refractivity (Wildman–Crippen MR) is 69.8 cm³/mol. The molecule has 3 rings (SSSR count). The number of nitrogens with zero attached hydrogens (tertiary/aromatic N) is 3. The van der Waals surface area contributed by atoms with Gasteiger partial charge in [0.15, 0.2) is 0 Å². The summed E-state index contributed by atoms with van der Waals surface area (Å²) in [6.45, 7) is 0.562. The van der Waals surface area contributed by atoms with Crippen molar-refractivity contribution in [3.63, 3.8) is 0 Å². The maximum atomic E-state index is 11.0. The van der Waals surface area contributed by atoms with Crippen molar-refractivity contribution in [2.45, 2.75) is 6.54 Å². The van der Waals surface area contributed by atoms with E-state index < -0.39 is 0 Å². The Balaban J connectivity index is 2.15. The van der Waals surface area contributed by atoms with Crippen molar-refractivity contribution in [2.75, 3.05) is 0 Å². The van der Waals surface area contributed by atoms with Crippen molar-refractivity contribution in [1.29, 1.82) is 0 Å². The fourth-order valence-corrected chi connectivity index (χ4v) is 2.61. The second-order valence-electron chi connectivity index (χ2n) is 3.84. The second kappa shape index (κ2) is 4.23. The summed E-state index contributed by atoms with van der Waals surface area (Å²) >= 11 is 1.54. The fourth-order valence-electron chi connectivity index (χ4n) is 2.00. The van der Waals surface area contributed by atoms with Crippen molar-refractivity contribution >= 4 is 27.9 Å². The normalized spacial score (nSPS) is 10.9. The number of fused-ring (bicyclic) bond motifs is 1. The van der Waals surface area contributed by atoms with Crippen LogP contribution in [0, 0.1) is 10.1 Å². The monoisotopic (exact) mass is 259 g/mol. The molecule has 0 aliphatic rings. The highest BCUT2D eigenvalue weighted by molar-refractivity contribution is 7.09. The number of non-ortho nitro benzene ring substituents is 1. The summed E-state index contributed by atoms with van der Waals surface area (Å²) in [6, 6.07) is 6.99. The van der Waals surface area contributed by atoms with Crippen LogP contribution in [0.5, 0.6) is 0 Å². The number of nitro benzene ring substituents is 1. The number of rotatable bonds is 3. The number of para-hydroxylation sites is 1. The summed E-state index contributed by atoms with van der Waals surface area (Å²) in [4.78, 5) is 14.9. The molecule has 2 heterocycles. The third-order valence-corrected chi connectivity index (χ3v) is 3.52. The molecule has 0 unspecified atom stereocenters. The second-order valence-corrected chi connectivity index (χ2v) is 4.82. The Hall–Kier alpha value is -2.21. The number of thiazole rings is 1. The Labute approximate surface area is 106 Å². The van der Waals surface area contributed by atoms with E-state index in [1.165, 1.54) is 6.07 Å². The third kappa shape index (κ3) is 1.76. The van der Waals surface area contributed by atoms with Crippen molar-refractivity contribution in [3.05, 3.63) is 57.2 Å². The molecule has 0 spiro atoms. The van der Waals surface area contributed by atoms with Gasteiger partial charge in [-0.05, 0) is 6.07 Å². The van der Waals surface area contributed by atoms with Gasteiger partial charge in [0.05, 0.1) is 11.5 Å². The van der Waals surface area contributed by atoms with Gasteiger partial charge in [-0.3, -0.25) is 10.1 Å². The lowest BCUT2D eigenvalue weighted by atomic mass is 10.2. The first-order valence-electron chi connectivity index (χ1n) is 5.36. The molecule has 18 heavy (non-hydrogen) atoms. The summed E-state index contributed by atoms with van der Waals surface area (Å²) in [5.74, 6) is 0. The molecule has 0 fully saturated rings. The van der Waals surface area contributed by atoms with E-state index in [0.29, 0.717) is 12.1 Å². The Bertz CT molecular complexity index is 703. The van der Waals surface area contributed by atoms with Crippen LogP contribution in [0.25, 0.3) is 10.9 Å². The maximum Gasteiger partial charge on any atom is 0.293 e. The van der Waals surface area contributed by atoms with E-state index in [-0.39, 0.29) is 10.6 Å². The highest BCUT2D eigenvalue weighted by Crippen LogP contribution is 2.27. The minimum Gasteiger partial charge on any atom is -0.335 e. The van der Waals surface area contributed by atoms with E-state index in [9.17, 15) is 10.1 Å².